The maximum Gasteiger partial charge on any atom is 0.200 e. The predicted octanol–water partition coefficient (Wildman–Crippen LogP) is 8.54. The number of benzene rings is 1. The summed E-state index contributed by atoms with van der Waals surface area (Å²) in [6.45, 7) is 6.59. The van der Waals surface area contributed by atoms with Crippen molar-refractivity contribution in [3.05, 3.63) is 29.1 Å². The van der Waals surface area contributed by atoms with Crippen LogP contribution in [0.2, 0.25) is 0 Å². The Balaban J connectivity index is 2.63. The van der Waals surface area contributed by atoms with Crippen molar-refractivity contribution in [2.45, 2.75) is 103 Å². The van der Waals surface area contributed by atoms with Crippen LogP contribution in [0.1, 0.15) is 97.8 Å². The minimum absolute atomic E-state index is 0.125. The number of rotatable bonds is 17. The zero-order valence-electron chi connectivity index (χ0n) is 20.1. The highest BCUT2D eigenvalue weighted by atomic mass is 19.2. The molecule has 0 spiro atoms. The maximum absolute atomic E-state index is 13.8. The summed E-state index contributed by atoms with van der Waals surface area (Å²) in [6.07, 6.45) is 12.4. The monoisotopic (exact) mass is 465 g/mol. The Morgan fingerprint density at radius 3 is 1.66 bits per heavy atom. The molecule has 0 aliphatic carbocycles. The third-order valence-corrected chi connectivity index (χ3v) is 6.74. The molecule has 186 valence electrons. The molecule has 1 rings (SSSR count). The fourth-order valence-electron chi connectivity index (χ4n) is 4.61. The number of unbranched alkanes of at least 4 members (excludes halogenated alkanes) is 6. The van der Waals surface area contributed by atoms with Gasteiger partial charge in [-0.3, -0.25) is 0 Å². The van der Waals surface area contributed by atoms with E-state index in [1.807, 2.05) is 0 Å². The molecule has 0 radical (unpaired) electrons. The van der Waals surface area contributed by atoms with Crippen LogP contribution in [0.15, 0.2) is 0 Å². The van der Waals surface area contributed by atoms with Crippen molar-refractivity contribution in [1.29, 1.82) is 0 Å². The van der Waals surface area contributed by atoms with Crippen molar-refractivity contribution in [3.8, 4) is 0 Å². The fourth-order valence-corrected chi connectivity index (χ4v) is 4.61. The first-order chi connectivity index (χ1) is 15.3. The average molecular weight is 466 g/mol. The third kappa shape index (κ3) is 7.60. The van der Waals surface area contributed by atoms with E-state index in [9.17, 15) is 22.0 Å². The van der Waals surface area contributed by atoms with Gasteiger partial charge in [0, 0.05) is 13.7 Å². The van der Waals surface area contributed by atoms with Gasteiger partial charge in [0.25, 0.3) is 0 Å². The van der Waals surface area contributed by atoms with Gasteiger partial charge in [0.2, 0.25) is 5.82 Å². The lowest BCUT2D eigenvalue weighted by Crippen LogP contribution is -2.39. The van der Waals surface area contributed by atoms with Crippen molar-refractivity contribution >= 4 is 5.69 Å². The van der Waals surface area contributed by atoms with E-state index >= 15 is 0 Å². The predicted molar refractivity (Wildman–Crippen MR) is 120 cm³/mol. The van der Waals surface area contributed by atoms with E-state index in [1.165, 1.54) is 32.1 Å². The highest BCUT2D eigenvalue weighted by molar-refractivity contribution is 5.47. The van der Waals surface area contributed by atoms with E-state index in [0.29, 0.717) is 12.3 Å². The lowest BCUT2D eigenvalue weighted by Gasteiger charge is -2.39. The summed E-state index contributed by atoms with van der Waals surface area (Å²) in [5.41, 5.74) is -1.16. The van der Waals surface area contributed by atoms with Crippen molar-refractivity contribution in [2.75, 3.05) is 19.0 Å². The zero-order chi connectivity index (χ0) is 24.1. The number of methoxy groups -OCH3 is 1. The molecule has 1 unspecified atom stereocenters. The molecule has 1 aromatic carbocycles. The van der Waals surface area contributed by atoms with Crippen molar-refractivity contribution in [3.63, 3.8) is 0 Å². The zero-order valence-corrected chi connectivity index (χ0v) is 20.1. The molecule has 0 bridgehead atoms. The number of ether oxygens (including phenoxy) is 1. The van der Waals surface area contributed by atoms with Crippen LogP contribution in [0.5, 0.6) is 0 Å². The van der Waals surface area contributed by atoms with Gasteiger partial charge in [-0.1, -0.05) is 65.7 Å². The molecule has 0 saturated heterocycles. The molecule has 32 heavy (non-hydrogen) atoms. The molecule has 0 amide bonds. The summed E-state index contributed by atoms with van der Waals surface area (Å²) < 4.78 is 73.4. The molecule has 0 aliphatic heterocycles. The van der Waals surface area contributed by atoms with Crippen molar-refractivity contribution in [1.82, 2.24) is 0 Å². The van der Waals surface area contributed by atoms with Crippen molar-refractivity contribution < 1.29 is 26.7 Å². The van der Waals surface area contributed by atoms with Gasteiger partial charge in [0.15, 0.2) is 23.3 Å². The normalized spacial score (nSPS) is 12.9. The van der Waals surface area contributed by atoms with Crippen molar-refractivity contribution in [2.24, 2.45) is 5.92 Å². The number of hydrogen-bond donors (Lipinski definition) is 1. The highest BCUT2D eigenvalue weighted by Crippen LogP contribution is 2.36. The number of nitrogens with one attached hydrogen (secondary N) is 1. The fraction of sp³-hybridized carbons (Fsp3) is 0.760. The van der Waals surface area contributed by atoms with Crippen LogP contribution in [0.4, 0.5) is 27.6 Å². The molecule has 7 heteroatoms. The molecule has 0 aromatic heterocycles. The Bertz CT molecular complexity index is 642. The average Bonchev–Trinajstić information content (AvgIpc) is 2.81. The lowest BCUT2D eigenvalue weighted by atomic mass is 9.76. The second-order valence-corrected chi connectivity index (χ2v) is 8.60. The van der Waals surface area contributed by atoms with Gasteiger partial charge in [-0.2, -0.15) is 0 Å². The second-order valence-electron chi connectivity index (χ2n) is 8.60. The number of hydrogen-bond acceptors (Lipinski definition) is 2. The molecule has 1 aromatic rings. The van der Waals surface area contributed by atoms with Crippen LogP contribution in [-0.4, -0.2) is 19.3 Å². The Hall–Kier alpha value is -1.37. The van der Waals surface area contributed by atoms with E-state index in [-0.39, 0.29) is 12.1 Å². The van der Waals surface area contributed by atoms with Crippen LogP contribution >= 0.6 is 0 Å². The molecule has 0 saturated carbocycles. The van der Waals surface area contributed by atoms with E-state index in [4.69, 9.17) is 4.74 Å². The molecule has 0 aliphatic rings. The first-order valence-corrected chi connectivity index (χ1v) is 12.1. The minimum atomic E-state index is -2.14. The largest absolute Gasteiger partial charge is 0.380 e. The van der Waals surface area contributed by atoms with E-state index in [0.717, 1.165) is 38.5 Å². The first kappa shape index (κ1) is 28.7. The van der Waals surface area contributed by atoms with Gasteiger partial charge < -0.3 is 10.1 Å². The summed E-state index contributed by atoms with van der Waals surface area (Å²) >= 11 is 0. The Morgan fingerprint density at radius 2 is 1.16 bits per heavy atom. The molecule has 1 N–H and O–H groups in total. The molecular weight excluding hydrogens is 425 g/mol. The second kappa shape index (κ2) is 14.7. The topological polar surface area (TPSA) is 21.3 Å². The Labute approximate surface area is 190 Å². The van der Waals surface area contributed by atoms with Crippen LogP contribution in [0.3, 0.4) is 0 Å². The van der Waals surface area contributed by atoms with Gasteiger partial charge in [-0.15, -0.1) is 0 Å². The van der Waals surface area contributed by atoms with E-state index in [1.54, 1.807) is 7.11 Å². The molecular formula is C25H40F5NO. The summed E-state index contributed by atoms with van der Waals surface area (Å²) in [6, 6.07) is 0. The number of anilines is 1. The van der Waals surface area contributed by atoms with Gasteiger partial charge >= 0.3 is 0 Å². The van der Waals surface area contributed by atoms with Gasteiger partial charge in [-0.25, -0.2) is 22.0 Å². The number of halogens is 5. The smallest absolute Gasteiger partial charge is 0.200 e. The maximum atomic E-state index is 13.8. The Morgan fingerprint density at radius 1 is 0.688 bits per heavy atom. The quantitative estimate of drug-likeness (QED) is 0.108. The molecule has 0 fully saturated rings. The van der Waals surface area contributed by atoms with Gasteiger partial charge in [0.1, 0.15) is 5.69 Å². The first-order valence-electron chi connectivity index (χ1n) is 12.1. The Kier molecular flexibility index (Phi) is 13.2. The van der Waals surface area contributed by atoms with Gasteiger partial charge in [0.05, 0.1) is 5.60 Å². The molecule has 0 heterocycles. The minimum Gasteiger partial charge on any atom is -0.380 e. The summed E-state index contributed by atoms with van der Waals surface area (Å²) in [5, 5.41) is 2.39. The molecule has 1 atom stereocenters. The van der Waals surface area contributed by atoms with Crippen LogP contribution in [0.25, 0.3) is 0 Å². The standard InChI is InChI=1S/C25H40F5NO/c1-5-8-9-10-11-12-15-18(25(6-2,7-3)32-4)16-13-14-17-31-24-22(29)20(27)19(26)21(28)23(24)30/h18,31H,5-17H2,1-4H3. The van der Waals surface area contributed by atoms with Crippen LogP contribution in [-0.2, 0) is 4.74 Å². The van der Waals surface area contributed by atoms with Gasteiger partial charge in [-0.05, 0) is 38.0 Å². The van der Waals surface area contributed by atoms with E-state index in [2.05, 4.69) is 26.1 Å². The summed E-state index contributed by atoms with van der Waals surface area (Å²) in [7, 11) is 1.76. The summed E-state index contributed by atoms with van der Waals surface area (Å²) in [5.74, 6) is -9.28. The van der Waals surface area contributed by atoms with E-state index < -0.39 is 34.8 Å². The third-order valence-electron chi connectivity index (χ3n) is 6.74. The van der Waals surface area contributed by atoms with Crippen LogP contribution < -0.4 is 5.32 Å². The lowest BCUT2D eigenvalue weighted by molar-refractivity contribution is -0.0711. The van der Waals surface area contributed by atoms with Crippen LogP contribution in [0, 0.1) is 35.0 Å². The SMILES string of the molecule is CCCCCCCCC(CCCCNc1c(F)c(F)c(F)c(F)c1F)C(CC)(CC)OC. The molecule has 2 nitrogen and oxygen atoms in total. The summed E-state index contributed by atoms with van der Waals surface area (Å²) in [4.78, 5) is 0. The highest BCUT2D eigenvalue weighted by Gasteiger charge is 2.34.